The van der Waals surface area contributed by atoms with E-state index in [4.69, 9.17) is 0 Å². The number of thiophene rings is 3. The number of aryl methyl sites for hydroxylation is 2. The van der Waals surface area contributed by atoms with E-state index in [2.05, 4.69) is 45.0 Å². The molecular formula is C20H23S3Si. The zero-order valence-electron chi connectivity index (χ0n) is 14.6. The van der Waals surface area contributed by atoms with Crippen LogP contribution in [0, 0.1) is 13.8 Å². The molecule has 0 nitrogen and oxygen atoms in total. The first kappa shape index (κ1) is 16.8. The quantitative estimate of drug-likeness (QED) is 0.343. The molecule has 0 unspecified atom stereocenters. The molecule has 0 bridgehead atoms. The Morgan fingerprint density at radius 3 is 2.33 bits per heavy atom. The molecule has 0 N–H and O–H groups in total. The Hall–Kier alpha value is -0.683. The van der Waals surface area contributed by atoms with Crippen LogP contribution in [0.25, 0.3) is 19.5 Å². The average molecular weight is 388 g/mol. The van der Waals surface area contributed by atoms with Crippen LogP contribution in [0.3, 0.4) is 0 Å². The van der Waals surface area contributed by atoms with Crippen LogP contribution >= 0.6 is 34.0 Å². The van der Waals surface area contributed by atoms with Crippen molar-refractivity contribution in [1.29, 1.82) is 0 Å². The summed E-state index contributed by atoms with van der Waals surface area (Å²) >= 11 is 5.99. The molecule has 0 amide bonds. The smallest absolute Gasteiger partial charge is 0.125 e. The van der Waals surface area contributed by atoms with Gasteiger partial charge in [0, 0.05) is 29.3 Å². The number of rotatable bonds is 6. The summed E-state index contributed by atoms with van der Waals surface area (Å²) in [5, 5.41) is 3.43. The van der Waals surface area contributed by atoms with Gasteiger partial charge >= 0.3 is 0 Å². The van der Waals surface area contributed by atoms with Crippen LogP contribution in [0.15, 0.2) is 24.3 Å². The molecule has 1 radical (unpaired) electrons. The fraction of sp³-hybridized carbons (Fsp3) is 0.400. The molecule has 3 aromatic heterocycles. The van der Waals surface area contributed by atoms with Crippen molar-refractivity contribution in [1.82, 2.24) is 0 Å². The lowest BCUT2D eigenvalue weighted by molar-refractivity contribution is 0.700. The van der Waals surface area contributed by atoms with Gasteiger partial charge in [-0.05, 0) is 48.5 Å². The maximum atomic E-state index is 2.54. The van der Waals surface area contributed by atoms with Crippen LogP contribution < -0.4 is 10.4 Å². The van der Waals surface area contributed by atoms with E-state index in [1.165, 1.54) is 51.2 Å². The Kier molecular flexibility index (Phi) is 4.83. The second-order valence-corrected chi connectivity index (χ2v) is 12.8. The molecule has 3 aromatic rings. The van der Waals surface area contributed by atoms with E-state index >= 15 is 0 Å². The molecule has 1 aliphatic heterocycles. The summed E-state index contributed by atoms with van der Waals surface area (Å²) in [7, 11) is -0.539. The third kappa shape index (κ3) is 2.98. The van der Waals surface area contributed by atoms with E-state index in [9.17, 15) is 0 Å². The first-order valence-corrected chi connectivity index (χ1v) is 13.0. The largest absolute Gasteiger partial charge is 0.140 e. The molecule has 24 heavy (non-hydrogen) atoms. The fourth-order valence-electron chi connectivity index (χ4n) is 3.52. The second-order valence-electron chi connectivity index (χ2n) is 6.65. The van der Waals surface area contributed by atoms with Gasteiger partial charge in [-0.1, -0.05) is 38.7 Å². The summed E-state index contributed by atoms with van der Waals surface area (Å²) < 4.78 is 0. The topological polar surface area (TPSA) is 0 Å². The Balaban J connectivity index is 1.68. The number of hydrogen-bond donors (Lipinski definition) is 0. The molecule has 4 rings (SSSR count). The van der Waals surface area contributed by atoms with Gasteiger partial charge in [-0.2, -0.15) is 0 Å². The molecule has 1 aliphatic rings. The van der Waals surface area contributed by atoms with Crippen molar-refractivity contribution in [3.63, 3.8) is 0 Å². The molecule has 0 aliphatic carbocycles. The highest BCUT2D eigenvalue weighted by Crippen LogP contribution is 2.41. The van der Waals surface area contributed by atoms with Crippen LogP contribution in [0.1, 0.15) is 42.4 Å². The van der Waals surface area contributed by atoms with E-state index in [-0.39, 0.29) is 0 Å². The Morgan fingerprint density at radius 1 is 0.792 bits per heavy atom. The zero-order valence-corrected chi connectivity index (χ0v) is 18.0. The molecule has 0 spiro atoms. The number of unbranched alkanes of at least 4 members (excludes halogenated alkanes) is 3. The minimum atomic E-state index is -0.539. The van der Waals surface area contributed by atoms with Crippen LogP contribution in [-0.4, -0.2) is 8.80 Å². The lowest BCUT2D eigenvalue weighted by Gasteiger charge is -2.09. The SMILES string of the molecule is CCCCCC[Si]1c2cc(C)sc2-c2sc(-c3ccc(C)s3)cc21. The molecule has 0 saturated carbocycles. The van der Waals surface area contributed by atoms with Gasteiger partial charge in [0.05, 0.1) is 0 Å². The molecule has 4 heterocycles. The van der Waals surface area contributed by atoms with Gasteiger partial charge in [0.1, 0.15) is 8.80 Å². The molecule has 0 atom stereocenters. The molecule has 4 heteroatoms. The average Bonchev–Trinajstić information content (AvgIpc) is 3.27. The minimum Gasteiger partial charge on any atom is -0.140 e. The van der Waals surface area contributed by atoms with Gasteiger partial charge in [-0.25, -0.2) is 0 Å². The van der Waals surface area contributed by atoms with Crippen molar-refractivity contribution < 1.29 is 0 Å². The van der Waals surface area contributed by atoms with E-state index < -0.39 is 8.80 Å². The van der Waals surface area contributed by atoms with Crippen LogP contribution in [0.4, 0.5) is 0 Å². The maximum absolute atomic E-state index is 2.54. The fourth-order valence-corrected chi connectivity index (χ4v) is 11.0. The third-order valence-corrected chi connectivity index (χ3v) is 11.6. The van der Waals surface area contributed by atoms with Gasteiger partial charge in [0.15, 0.2) is 0 Å². The Morgan fingerprint density at radius 2 is 1.58 bits per heavy atom. The zero-order chi connectivity index (χ0) is 16.7. The van der Waals surface area contributed by atoms with Crippen LogP contribution in [-0.2, 0) is 0 Å². The summed E-state index contributed by atoms with van der Waals surface area (Å²) in [4.78, 5) is 9.06. The van der Waals surface area contributed by atoms with Gasteiger partial charge in [-0.3, -0.25) is 0 Å². The second kappa shape index (κ2) is 6.91. The number of hydrogen-bond acceptors (Lipinski definition) is 3. The van der Waals surface area contributed by atoms with Crippen LogP contribution in [0.2, 0.25) is 6.04 Å². The normalized spacial score (nSPS) is 13.5. The van der Waals surface area contributed by atoms with Crippen molar-refractivity contribution >= 4 is 53.2 Å². The summed E-state index contributed by atoms with van der Waals surface area (Å²) in [6.45, 7) is 6.78. The molecular weight excluding hydrogens is 365 g/mol. The van der Waals surface area contributed by atoms with Gasteiger partial charge in [0.2, 0.25) is 0 Å². The Bertz CT molecular complexity index is 852. The van der Waals surface area contributed by atoms with Crippen LogP contribution in [0.5, 0.6) is 0 Å². The summed E-state index contributed by atoms with van der Waals surface area (Å²) in [6, 6.07) is 11.0. The number of fused-ring (bicyclic) bond motifs is 3. The summed E-state index contributed by atoms with van der Waals surface area (Å²) in [5.74, 6) is 0. The maximum Gasteiger partial charge on any atom is 0.125 e. The Labute approximate surface area is 158 Å². The predicted molar refractivity (Wildman–Crippen MR) is 114 cm³/mol. The monoisotopic (exact) mass is 387 g/mol. The van der Waals surface area contributed by atoms with Crippen molar-refractivity contribution in [2.24, 2.45) is 0 Å². The minimum absolute atomic E-state index is 0.539. The molecule has 0 fully saturated rings. The molecule has 0 saturated heterocycles. The lowest BCUT2D eigenvalue weighted by Crippen LogP contribution is -2.36. The highest BCUT2D eigenvalue weighted by atomic mass is 32.1. The van der Waals surface area contributed by atoms with Crippen molar-refractivity contribution in [3.8, 4) is 19.5 Å². The standard InChI is InChI=1S/C20H23S3Si/c1-4-5-6-7-10-24-17-11-14(3)22-19(17)20-18(24)12-16(23-20)15-9-8-13(2)21-15/h8-9,11-12H,4-7,10H2,1-3H3. The third-order valence-electron chi connectivity index (χ3n) is 4.71. The predicted octanol–water partition coefficient (Wildman–Crippen LogP) is 6.32. The first-order valence-electron chi connectivity index (χ1n) is 8.85. The van der Waals surface area contributed by atoms with E-state index in [1.807, 2.05) is 34.0 Å². The van der Waals surface area contributed by atoms with E-state index in [0.717, 1.165) is 0 Å². The summed E-state index contributed by atoms with van der Waals surface area (Å²) in [6.07, 6.45) is 5.52. The highest BCUT2D eigenvalue weighted by molar-refractivity contribution is 7.30. The van der Waals surface area contributed by atoms with Crippen molar-refractivity contribution in [2.45, 2.75) is 52.5 Å². The summed E-state index contributed by atoms with van der Waals surface area (Å²) in [5.41, 5.74) is 0. The van der Waals surface area contributed by atoms with Gasteiger partial charge < -0.3 is 0 Å². The van der Waals surface area contributed by atoms with Crippen molar-refractivity contribution in [2.75, 3.05) is 0 Å². The molecule has 125 valence electrons. The van der Waals surface area contributed by atoms with Crippen molar-refractivity contribution in [3.05, 3.63) is 34.0 Å². The highest BCUT2D eigenvalue weighted by Gasteiger charge is 2.34. The van der Waals surface area contributed by atoms with E-state index in [1.54, 1.807) is 20.1 Å². The van der Waals surface area contributed by atoms with Gasteiger partial charge in [-0.15, -0.1) is 34.0 Å². The van der Waals surface area contributed by atoms with E-state index in [0.29, 0.717) is 0 Å². The lowest BCUT2D eigenvalue weighted by atomic mass is 10.2. The van der Waals surface area contributed by atoms with Gasteiger partial charge in [0.25, 0.3) is 0 Å². The first-order chi connectivity index (χ1) is 11.7. The molecule has 0 aromatic carbocycles.